The largest absolute Gasteiger partial charge is 0.508 e. The van der Waals surface area contributed by atoms with Crippen LogP contribution < -0.4 is 0 Å². The highest BCUT2D eigenvalue weighted by Crippen LogP contribution is 2.32. The highest BCUT2D eigenvalue weighted by Gasteiger charge is 2.12. The van der Waals surface area contributed by atoms with Crippen LogP contribution >= 0.6 is 0 Å². The Morgan fingerprint density at radius 2 is 1.38 bits per heavy atom. The summed E-state index contributed by atoms with van der Waals surface area (Å²) in [6.07, 6.45) is 0. The van der Waals surface area contributed by atoms with Crippen molar-refractivity contribution in [3.63, 3.8) is 0 Å². The summed E-state index contributed by atoms with van der Waals surface area (Å²) in [5, 5.41) is 14.4. The molecule has 5 aromatic rings. The van der Waals surface area contributed by atoms with E-state index in [1.54, 1.807) is 6.07 Å². The first-order valence-electron chi connectivity index (χ1n) is 8.92. The summed E-state index contributed by atoms with van der Waals surface area (Å²) >= 11 is 0. The standard InChI is InChI=1S/C24H19NO/c1-15(16-6-7-19-13-20(26)10-8-18(19)12-16)17-9-11-24-22(14-17)21-4-2-3-5-23(21)25-24/h2-15,25-26H,1H3. The summed E-state index contributed by atoms with van der Waals surface area (Å²) in [6, 6.07) is 27.1. The van der Waals surface area contributed by atoms with Crippen molar-refractivity contribution >= 4 is 32.6 Å². The van der Waals surface area contributed by atoms with Gasteiger partial charge in [0.2, 0.25) is 0 Å². The van der Waals surface area contributed by atoms with E-state index in [0.29, 0.717) is 11.7 Å². The fourth-order valence-electron chi connectivity index (χ4n) is 3.85. The molecule has 0 amide bonds. The summed E-state index contributed by atoms with van der Waals surface area (Å²) in [7, 11) is 0. The van der Waals surface area contributed by atoms with E-state index in [9.17, 15) is 5.11 Å². The molecule has 0 saturated carbocycles. The van der Waals surface area contributed by atoms with E-state index in [-0.39, 0.29) is 0 Å². The number of fused-ring (bicyclic) bond motifs is 4. The Kier molecular flexibility index (Phi) is 3.26. The molecule has 0 aliphatic carbocycles. The first-order chi connectivity index (χ1) is 12.7. The predicted molar refractivity (Wildman–Crippen MR) is 109 cm³/mol. The quantitative estimate of drug-likeness (QED) is 0.388. The average Bonchev–Trinajstić information content (AvgIpc) is 3.05. The summed E-state index contributed by atoms with van der Waals surface area (Å²) in [4.78, 5) is 3.49. The Bertz CT molecular complexity index is 1270. The lowest BCUT2D eigenvalue weighted by Gasteiger charge is -2.14. The molecular weight excluding hydrogens is 318 g/mol. The zero-order chi connectivity index (χ0) is 17.7. The molecule has 1 aromatic heterocycles. The Balaban J connectivity index is 1.62. The number of phenolic OH excluding ortho intramolecular Hbond substituents is 1. The lowest BCUT2D eigenvalue weighted by Crippen LogP contribution is -1.96. The Morgan fingerprint density at radius 1 is 0.692 bits per heavy atom. The first-order valence-corrected chi connectivity index (χ1v) is 8.92. The maximum Gasteiger partial charge on any atom is 0.116 e. The minimum absolute atomic E-state index is 0.297. The fraction of sp³-hybridized carbons (Fsp3) is 0.0833. The number of H-pyrrole nitrogens is 1. The number of aromatic hydroxyl groups is 1. The van der Waals surface area contributed by atoms with Gasteiger partial charge < -0.3 is 10.1 Å². The van der Waals surface area contributed by atoms with Crippen LogP contribution in [0.1, 0.15) is 24.0 Å². The maximum absolute atomic E-state index is 9.65. The van der Waals surface area contributed by atoms with Crippen LogP contribution in [0.15, 0.2) is 78.9 Å². The lowest BCUT2D eigenvalue weighted by atomic mass is 9.90. The molecule has 0 fully saturated rings. The zero-order valence-electron chi connectivity index (χ0n) is 14.5. The summed E-state index contributed by atoms with van der Waals surface area (Å²) in [6.45, 7) is 2.25. The summed E-state index contributed by atoms with van der Waals surface area (Å²) in [5.41, 5.74) is 4.94. The van der Waals surface area contributed by atoms with Crippen LogP contribution in [0, 0.1) is 0 Å². The van der Waals surface area contributed by atoms with Crippen molar-refractivity contribution in [1.29, 1.82) is 0 Å². The van der Waals surface area contributed by atoms with E-state index >= 15 is 0 Å². The number of rotatable bonds is 2. The van der Waals surface area contributed by atoms with Gasteiger partial charge in [0.1, 0.15) is 5.75 Å². The van der Waals surface area contributed by atoms with Crippen molar-refractivity contribution in [2.45, 2.75) is 12.8 Å². The number of hydrogen-bond donors (Lipinski definition) is 2. The van der Waals surface area contributed by atoms with Crippen molar-refractivity contribution in [3.8, 4) is 5.75 Å². The third kappa shape index (κ3) is 2.34. The molecule has 0 saturated heterocycles. The third-order valence-electron chi connectivity index (χ3n) is 5.38. The monoisotopic (exact) mass is 337 g/mol. The minimum atomic E-state index is 0.297. The number of hydrogen-bond acceptors (Lipinski definition) is 1. The number of benzene rings is 4. The van der Waals surface area contributed by atoms with Crippen molar-refractivity contribution in [2.75, 3.05) is 0 Å². The van der Waals surface area contributed by atoms with Crippen molar-refractivity contribution in [1.82, 2.24) is 4.98 Å². The maximum atomic E-state index is 9.65. The molecule has 2 N–H and O–H groups in total. The molecule has 0 spiro atoms. The zero-order valence-corrected chi connectivity index (χ0v) is 14.5. The van der Waals surface area contributed by atoms with Gasteiger partial charge in [-0.05, 0) is 52.2 Å². The van der Waals surface area contributed by atoms with Crippen LogP contribution in [0.4, 0.5) is 0 Å². The molecule has 1 atom stereocenters. The molecule has 5 rings (SSSR count). The van der Waals surface area contributed by atoms with Gasteiger partial charge in [-0.15, -0.1) is 0 Å². The van der Waals surface area contributed by atoms with Crippen molar-refractivity contribution in [2.24, 2.45) is 0 Å². The molecule has 1 unspecified atom stereocenters. The summed E-state index contributed by atoms with van der Waals surface area (Å²) < 4.78 is 0. The molecule has 0 aliphatic heterocycles. The second kappa shape index (κ2) is 5.63. The second-order valence-electron chi connectivity index (χ2n) is 6.99. The van der Waals surface area contributed by atoms with Gasteiger partial charge in [0.15, 0.2) is 0 Å². The van der Waals surface area contributed by atoms with Gasteiger partial charge in [0.25, 0.3) is 0 Å². The van der Waals surface area contributed by atoms with Crippen LogP contribution in [-0.2, 0) is 0 Å². The molecule has 4 aromatic carbocycles. The Morgan fingerprint density at radius 3 is 2.31 bits per heavy atom. The van der Waals surface area contributed by atoms with E-state index in [0.717, 1.165) is 10.8 Å². The SMILES string of the molecule is CC(c1ccc2cc(O)ccc2c1)c1ccc2[nH]c3ccccc3c2c1. The first kappa shape index (κ1) is 15.0. The molecule has 0 aliphatic rings. The Hall–Kier alpha value is -3.26. The van der Waals surface area contributed by atoms with E-state index in [1.165, 1.54) is 32.9 Å². The van der Waals surface area contributed by atoms with E-state index in [4.69, 9.17) is 0 Å². The molecular formula is C24H19NO. The number of para-hydroxylation sites is 1. The molecule has 2 heteroatoms. The predicted octanol–water partition coefficient (Wildman–Crippen LogP) is 6.33. The number of nitrogens with one attached hydrogen (secondary N) is 1. The molecule has 126 valence electrons. The van der Waals surface area contributed by atoms with E-state index in [1.807, 2.05) is 12.1 Å². The molecule has 26 heavy (non-hydrogen) atoms. The number of aromatic nitrogens is 1. The topological polar surface area (TPSA) is 36.0 Å². The number of aromatic amines is 1. The second-order valence-corrected chi connectivity index (χ2v) is 6.99. The van der Waals surface area contributed by atoms with Gasteiger partial charge in [0, 0.05) is 27.7 Å². The van der Waals surface area contributed by atoms with Gasteiger partial charge in [-0.1, -0.05) is 55.5 Å². The molecule has 1 heterocycles. The third-order valence-corrected chi connectivity index (χ3v) is 5.38. The highest BCUT2D eigenvalue weighted by molar-refractivity contribution is 6.07. The molecule has 2 nitrogen and oxygen atoms in total. The van der Waals surface area contributed by atoms with Gasteiger partial charge >= 0.3 is 0 Å². The normalized spacial score (nSPS) is 12.8. The lowest BCUT2D eigenvalue weighted by molar-refractivity contribution is 0.476. The van der Waals surface area contributed by atoms with Crippen LogP contribution in [0.25, 0.3) is 32.6 Å². The highest BCUT2D eigenvalue weighted by atomic mass is 16.3. The molecule has 0 radical (unpaired) electrons. The van der Waals surface area contributed by atoms with Gasteiger partial charge in [0.05, 0.1) is 0 Å². The van der Waals surface area contributed by atoms with Crippen LogP contribution in [0.3, 0.4) is 0 Å². The Labute approximate surface area is 151 Å². The summed E-state index contributed by atoms with van der Waals surface area (Å²) in [5.74, 6) is 0.606. The van der Waals surface area contributed by atoms with Crippen LogP contribution in [0.2, 0.25) is 0 Å². The fourth-order valence-corrected chi connectivity index (χ4v) is 3.85. The average molecular weight is 337 g/mol. The number of phenols is 1. The minimum Gasteiger partial charge on any atom is -0.508 e. The van der Waals surface area contributed by atoms with Gasteiger partial charge in [-0.2, -0.15) is 0 Å². The van der Waals surface area contributed by atoms with Crippen molar-refractivity contribution < 1.29 is 5.11 Å². The molecule has 0 bridgehead atoms. The van der Waals surface area contributed by atoms with Crippen LogP contribution in [0.5, 0.6) is 5.75 Å². The van der Waals surface area contributed by atoms with E-state index < -0.39 is 0 Å². The van der Waals surface area contributed by atoms with Gasteiger partial charge in [-0.25, -0.2) is 0 Å². The van der Waals surface area contributed by atoms with Gasteiger partial charge in [-0.3, -0.25) is 0 Å². The smallest absolute Gasteiger partial charge is 0.116 e. The van der Waals surface area contributed by atoms with Crippen LogP contribution in [-0.4, -0.2) is 10.1 Å². The van der Waals surface area contributed by atoms with Crippen molar-refractivity contribution in [3.05, 3.63) is 90.0 Å². The van der Waals surface area contributed by atoms with E-state index in [2.05, 4.69) is 72.6 Å².